The molecule has 1 aliphatic carbocycles. The van der Waals surface area contributed by atoms with Crippen LogP contribution in [0.4, 0.5) is 0 Å². The highest BCUT2D eigenvalue weighted by atomic mass is 14.9. The summed E-state index contributed by atoms with van der Waals surface area (Å²) in [4.78, 5) is 0. The Bertz CT molecular complexity index is 289. The molecule has 0 bridgehead atoms. The lowest BCUT2D eigenvalue weighted by Crippen LogP contribution is -2.17. The van der Waals surface area contributed by atoms with Crippen LogP contribution in [0.2, 0.25) is 0 Å². The van der Waals surface area contributed by atoms with Gasteiger partial charge in [-0.3, -0.25) is 0 Å². The van der Waals surface area contributed by atoms with Crippen molar-refractivity contribution in [3.63, 3.8) is 0 Å². The van der Waals surface area contributed by atoms with Crippen molar-refractivity contribution in [3.8, 4) is 0 Å². The lowest BCUT2D eigenvalue weighted by atomic mass is 10.1. The third-order valence-electron chi connectivity index (χ3n) is 2.94. The zero-order valence-electron chi connectivity index (χ0n) is 8.92. The Morgan fingerprint density at radius 2 is 1.93 bits per heavy atom. The third kappa shape index (κ3) is 2.58. The maximum Gasteiger partial charge on any atom is 0.0208 e. The minimum absolute atomic E-state index is 0.976. The van der Waals surface area contributed by atoms with Gasteiger partial charge in [-0.1, -0.05) is 31.2 Å². The summed E-state index contributed by atoms with van der Waals surface area (Å²) in [5, 5.41) is 3.54. The molecule has 0 spiro atoms. The van der Waals surface area contributed by atoms with Crippen LogP contribution in [0, 0.1) is 5.92 Å². The molecule has 1 nitrogen and oxygen atoms in total. The van der Waals surface area contributed by atoms with Gasteiger partial charge < -0.3 is 5.32 Å². The van der Waals surface area contributed by atoms with Gasteiger partial charge in [0, 0.05) is 6.54 Å². The largest absolute Gasteiger partial charge is 0.312 e. The molecule has 0 radical (unpaired) electrons. The molecule has 0 aromatic heterocycles. The first-order chi connectivity index (χ1) is 6.90. The maximum atomic E-state index is 3.54. The molecule has 76 valence electrons. The fourth-order valence-corrected chi connectivity index (χ4v) is 1.81. The zero-order valence-corrected chi connectivity index (χ0v) is 8.92. The summed E-state index contributed by atoms with van der Waals surface area (Å²) in [6, 6.07) is 8.73. The van der Waals surface area contributed by atoms with Gasteiger partial charge in [0.25, 0.3) is 0 Å². The Morgan fingerprint density at radius 3 is 2.57 bits per heavy atom. The molecular formula is C13H19N. The molecule has 0 amide bonds. The first-order valence-corrected chi connectivity index (χ1v) is 5.67. The minimum atomic E-state index is 0.976. The van der Waals surface area contributed by atoms with E-state index >= 15 is 0 Å². The fraction of sp³-hybridized carbons (Fsp3) is 0.538. The summed E-state index contributed by atoms with van der Waals surface area (Å²) in [5.41, 5.74) is 2.95. The fourth-order valence-electron chi connectivity index (χ4n) is 1.81. The van der Waals surface area contributed by atoms with Gasteiger partial charge in [0.2, 0.25) is 0 Å². The van der Waals surface area contributed by atoms with Crippen molar-refractivity contribution in [1.29, 1.82) is 0 Å². The first kappa shape index (κ1) is 9.72. The average Bonchev–Trinajstić information content (AvgIpc) is 3.03. The molecule has 1 aromatic carbocycles. The van der Waals surface area contributed by atoms with Crippen LogP contribution in [0.15, 0.2) is 24.3 Å². The van der Waals surface area contributed by atoms with Crippen LogP contribution in [0.3, 0.4) is 0 Å². The Kier molecular flexibility index (Phi) is 3.20. The summed E-state index contributed by atoms with van der Waals surface area (Å²) in [7, 11) is 0. The molecule has 0 unspecified atom stereocenters. The Hall–Kier alpha value is -0.820. The molecule has 1 saturated carbocycles. The van der Waals surface area contributed by atoms with Gasteiger partial charge in [-0.15, -0.1) is 0 Å². The van der Waals surface area contributed by atoms with Crippen LogP contribution in [-0.2, 0) is 13.0 Å². The van der Waals surface area contributed by atoms with Crippen LogP contribution in [0.5, 0.6) is 0 Å². The third-order valence-corrected chi connectivity index (χ3v) is 2.94. The second kappa shape index (κ2) is 4.61. The summed E-state index contributed by atoms with van der Waals surface area (Å²) in [5.74, 6) is 0.976. The summed E-state index contributed by atoms with van der Waals surface area (Å²) in [6.45, 7) is 4.47. The predicted octanol–water partition coefficient (Wildman–Crippen LogP) is 2.75. The summed E-state index contributed by atoms with van der Waals surface area (Å²) in [6.07, 6.45) is 4.01. The van der Waals surface area contributed by atoms with Crippen molar-refractivity contribution in [3.05, 3.63) is 35.4 Å². The van der Waals surface area contributed by atoms with Crippen molar-refractivity contribution in [2.75, 3.05) is 6.54 Å². The van der Waals surface area contributed by atoms with E-state index in [-0.39, 0.29) is 0 Å². The van der Waals surface area contributed by atoms with Gasteiger partial charge in [-0.2, -0.15) is 0 Å². The van der Waals surface area contributed by atoms with E-state index in [0.717, 1.165) is 18.9 Å². The van der Waals surface area contributed by atoms with Gasteiger partial charge in [-0.25, -0.2) is 0 Å². The Labute approximate surface area is 86.5 Å². The molecule has 1 fully saturated rings. The van der Waals surface area contributed by atoms with Gasteiger partial charge in [0.05, 0.1) is 0 Å². The van der Waals surface area contributed by atoms with Crippen molar-refractivity contribution < 1.29 is 0 Å². The summed E-state index contributed by atoms with van der Waals surface area (Å²) < 4.78 is 0. The first-order valence-electron chi connectivity index (χ1n) is 5.67. The minimum Gasteiger partial charge on any atom is -0.312 e. The van der Waals surface area contributed by atoms with E-state index < -0.39 is 0 Å². The second-order valence-electron chi connectivity index (χ2n) is 4.20. The van der Waals surface area contributed by atoms with Crippen LogP contribution in [-0.4, -0.2) is 6.54 Å². The number of rotatable bonds is 5. The maximum absolute atomic E-state index is 3.54. The number of hydrogen-bond donors (Lipinski definition) is 1. The lowest BCUT2D eigenvalue weighted by molar-refractivity contribution is 0.636. The van der Waals surface area contributed by atoms with E-state index in [1.165, 1.54) is 30.5 Å². The SMILES string of the molecule is CCc1ccccc1CNCC1CC1. The van der Waals surface area contributed by atoms with Crippen LogP contribution in [0.1, 0.15) is 30.9 Å². The molecule has 0 saturated heterocycles. The Balaban J connectivity index is 1.86. The van der Waals surface area contributed by atoms with E-state index in [9.17, 15) is 0 Å². The number of benzene rings is 1. The number of aryl methyl sites for hydroxylation is 1. The van der Waals surface area contributed by atoms with Gasteiger partial charge in [0.1, 0.15) is 0 Å². The van der Waals surface area contributed by atoms with Crippen molar-refractivity contribution in [2.24, 2.45) is 5.92 Å². The zero-order chi connectivity index (χ0) is 9.80. The second-order valence-corrected chi connectivity index (χ2v) is 4.20. The van der Waals surface area contributed by atoms with Crippen molar-refractivity contribution in [1.82, 2.24) is 5.32 Å². The quantitative estimate of drug-likeness (QED) is 0.751. The molecule has 0 heterocycles. The average molecular weight is 189 g/mol. The molecule has 2 rings (SSSR count). The standard InChI is InChI=1S/C13H19N/c1-2-12-5-3-4-6-13(12)10-14-9-11-7-8-11/h3-6,11,14H,2,7-10H2,1H3. The molecule has 1 aliphatic rings. The smallest absolute Gasteiger partial charge is 0.0208 e. The van der Waals surface area contributed by atoms with Gasteiger partial charge >= 0.3 is 0 Å². The highest BCUT2D eigenvalue weighted by Gasteiger charge is 2.20. The van der Waals surface area contributed by atoms with Crippen LogP contribution in [0.25, 0.3) is 0 Å². The molecule has 1 aromatic rings. The van der Waals surface area contributed by atoms with Crippen molar-refractivity contribution in [2.45, 2.75) is 32.7 Å². The lowest BCUT2D eigenvalue weighted by Gasteiger charge is -2.08. The van der Waals surface area contributed by atoms with E-state index in [4.69, 9.17) is 0 Å². The van der Waals surface area contributed by atoms with Crippen molar-refractivity contribution >= 4 is 0 Å². The van der Waals surface area contributed by atoms with Gasteiger partial charge in [0.15, 0.2) is 0 Å². The summed E-state index contributed by atoms with van der Waals surface area (Å²) >= 11 is 0. The molecule has 1 heteroatoms. The number of hydrogen-bond acceptors (Lipinski definition) is 1. The highest BCUT2D eigenvalue weighted by molar-refractivity contribution is 5.26. The topological polar surface area (TPSA) is 12.0 Å². The van der Waals surface area contributed by atoms with E-state index in [1.807, 2.05) is 0 Å². The van der Waals surface area contributed by atoms with E-state index in [0.29, 0.717) is 0 Å². The van der Waals surface area contributed by atoms with E-state index in [2.05, 4.69) is 36.5 Å². The molecule has 0 aliphatic heterocycles. The molecular weight excluding hydrogens is 170 g/mol. The number of nitrogens with one attached hydrogen (secondary N) is 1. The van der Waals surface area contributed by atoms with Crippen LogP contribution >= 0.6 is 0 Å². The Morgan fingerprint density at radius 1 is 1.21 bits per heavy atom. The molecule has 0 atom stereocenters. The predicted molar refractivity (Wildman–Crippen MR) is 60.3 cm³/mol. The highest BCUT2D eigenvalue weighted by Crippen LogP contribution is 2.27. The van der Waals surface area contributed by atoms with Gasteiger partial charge in [-0.05, 0) is 42.9 Å². The van der Waals surface area contributed by atoms with E-state index in [1.54, 1.807) is 0 Å². The molecule has 1 N–H and O–H groups in total. The normalized spacial score (nSPS) is 15.8. The molecule has 14 heavy (non-hydrogen) atoms. The van der Waals surface area contributed by atoms with Crippen LogP contribution < -0.4 is 5.32 Å². The monoisotopic (exact) mass is 189 g/mol.